The largest absolute Gasteiger partial charge is 0.468 e. The van der Waals surface area contributed by atoms with Crippen molar-refractivity contribution in [1.29, 1.82) is 0 Å². The van der Waals surface area contributed by atoms with Crippen LogP contribution in [-0.4, -0.2) is 24.5 Å². The number of rotatable bonds is 4. The van der Waals surface area contributed by atoms with Gasteiger partial charge in [-0.25, -0.2) is 4.99 Å². The summed E-state index contributed by atoms with van der Waals surface area (Å²) in [6, 6.07) is 8.00. The molecule has 1 heterocycles. The zero-order chi connectivity index (χ0) is 19.5. The standard InChI is InChI=1S/C20H28F3NO2/c1-6-12(2)17-14(4)13(3)15(5)18(25-17)26-19(20(21,22)23)24-16-10-8-7-9-11-16/h7-15,17-18H,6H2,1-5H3/t12-,13-,14-,15?,17?,18?/m0/s1. The highest BCUT2D eigenvalue weighted by atomic mass is 19.4. The van der Waals surface area contributed by atoms with E-state index in [4.69, 9.17) is 9.47 Å². The Kier molecular flexibility index (Phi) is 6.72. The molecule has 0 bridgehead atoms. The molecule has 0 spiro atoms. The van der Waals surface area contributed by atoms with Crippen LogP contribution in [0.2, 0.25) is 0 Å². The molecule has 0 saturated carbocycles. The summed E-state index contributed by atoms with van der Waals surface area (Å²) in [6.45, 7) is 10.1. The van der Waals surface area contributed by atoms with Crippen molar-refractivity contribution in [2.75, 3.05) is 0 Å². The Morgan fingerprint density at radius 1 is 1.12 bits per heavy atom. The monoisotopic (exact) mass is 371 g/mol. The summed E-state index contributed by atoms with van der Waals surface area (Å²) in [5, 5.41) is 0. The van der Waals surface area contributed by atoms with Gasteiger partial charge < -0.3 is 9.47 Å². The second kappa shape index (κ2) is 8.42. The van der Waals surface area contributed by atoms with Gasteiger partial charge in [-0.15, -0.1) is 0 Å². The minimum absolute atomic E-state index is 0.137. The molecule has 6 heteroatoms. The maximum atomic E-state index is 13.5. The fraction of sp³-hybridized carbons (Fsp3) is 0.650. The third-order valence-corrected chi connectivity index (χ3v) is 5.56. The lowest BCUT2D eigenvalue weighted by Crippen LogP contribution is -2.49. The predicted molar refractivity (Wildman–Crippen MR) is 96.3 cm³/mol. The van der Waals surface area contributed by atoms with Crippen molar-refractivity contribution < 1.29 is 22.6 Å². The first kappa shape index (κ1) is 20.7. The van der Waals surface area contributed by atoms with E-state index in [2.05, 4.69) is 25.8 Å². The summed E-state index contributed by atoms with van der Waals surface area (Å²) in [5.74, 6) is -0.760. The van der Waals surface area contributed by atoms with Crippen LogP contribution in [0, 0.1) is 23.7 Å². The first-order valence-electron chi connectivity index (χ1n) is 9.18. The maximum Gasteiger partial charge on any atom is 0.468 e. The quantitative estimate of drug-likeness (QED) is 0.482. The Hall–Kier alpha value is -1.56. The van der Waals surface area contributed by atoms with Crippen molar-refractivity contribution in [3.8, 4) is 0 Å². The third-order valence-electron chi connectivity index (χ3n) is 5.56. The smallest absolute Gasteiger partial charge is 0.444 e. The van der Waals surface area contributed by atoms with Crippen LogP contribution in [0.3, 0.4) is 0 Å². The Morgan fingerprint density at radius 2 is 1.73 bits per heavy atom. The molecule has 6 atom stereocenters. The number of para-hydroxylation sites is 1. The highest BCUT2D eigenvalue weighted by Crippen LogP contribution is 2.39. The summed E-state index contributed by atoms with van der Waals surface area (Å²) in [4.78, 5) is 3.68. The summed E-state index contributed by atoms with van der Waals surface area (Å²) in [6.07, 6.45) is -4.89. The van der Waals surface area contributed by atoms with Gasteiger partial charge in [0.25, 0.3) is 5.90 Å². The van der Waals surface area contributed by atoms with Gasteiger partial charge in [0.05, 0.1) is 11.8 Å². The van der Waals surface area contributed by atoms with Crippen LogP contribution in [0.4, 0.5) is 18.9 Å². The Balaban J connectivity index is 2.27. The van der Waals surface area contributed by atoms with Gasteiger partial charge in [-0.1, -0.05) is 59.2 Å². The van der Waals surface area contributed by atoms with E-state index in [1.807, 2.05) is 13.8 Å². The highest BCUT2D eigenvalue weighted by molar-refractivity contribution is 5.84. The molecule has 0 N–H and O–H groups in total. The maximum absolute atomic E-state index is 13.5. The van der Waals surface area contributed by atoms with Gasteiger partial charge in [0, 0.05) is 5.92 Å². The van der Waals surface area contributed by atoms with Crippen LogP contribution >= 0.6 is 0 Å². The SMILES string of the molecule is CC[C@H](C)C1OC(OC(=Nc2ccccc2)C(F)(F)F)C(C)[C@@H](C)[C@@H]1C. The molecule has 1 aromatic rings. The molecule has 0 radical (unpaired) electrons. The van der Waals surface area contributed by atoms with E-state index in [0.717, 1.165) is 6.42 Å². The molecule has 1 fully saturated rings. The minimum Gasteiger partial charge on any atom is -0.444 e. The fourth-order valence-corrected chi connectivity index (χ4v) is 3.33. The van der Waals surface area contributed by atoms with Crippen LogP contribution in [-0.2, 0) is 9.47 Å². The highest BCUT2D eigenvalue weighted by Gasteiger charge is 2.46. The second-order valence-electron chi connectivity index (χ2n) is 7.30. The average Bonchev–Trinajstić information content (AvgIpc) is 2.60. The van der Waals surface area contributed by atoms with Crippen LogP contribution in [0.25, 0.3) is 0 Å². The number of alkyl halides is 3. The summed E-state index contributed by atoms with van der Waals surface area (Å²) in [5.41, 5.74) is 0.197. The van der Waals surface area contributed by atoms with Crippen LogP contribution in [0.1, 0.15) is 41.0 Å². The van der Waals surface area contributed by atoms with Gasteiger partial charge >= 0.3 is 6.18 Å². The average molecular weight is 371 g/mol. The van der Waals surface area contributed by atoms with Crippen molar-refractivity contribution >= 4 is 11.6 Å². The molecule has 0 aliphatic carbocycles. The molecule has 1 saturated heterocycles. The van der Waals surface area contributed by atoms with E-state index in [1.54, 1.807) is 18.2 Å². The Bertz CT molecular complexity index is 603. The van der Waals surface area contributed by atoms with Gasteiger partial charge in [0.2, 0.25) is 6.29 Å². The third kappa shape index (κ3) is 4.78. The Morgan fingerprint density at radius 3 is 2.27 bits per heavy atom. The first-order chi connectivity index (χ1) is 12.1. The molecule has 1 aliphatic heterocycles. The molecule has 3 unspecified atom stereocenters. The number of hydrogen-bond acceptors (Lipinski definition) is 3. The first-order valence-corrected chi connectivity index (χ1v) is 9.18. The molecule has 26 heavy (non-hydrogen) atoms. The molecule has 1 aromatic carbocycles. The second-order valence-corrected chi connectivity index (χ2v) is 7.30. The molecule has 0 amide bonds. The van der Waals surface area contributed by atoms with Gasteiger partial charge in [-0.05, 0) is 29.9 Å². The molecule has 2 rings (SSSR count). The van der Waals surface area contributed by atoms with E-state index < -0.39 is 18.4 Å². The lowest BCUT2D eigenvalue weighted by Gasteiger charge is -2.45. The summed E-state index contributed by atoms with van der Waals surface area (Å²) in [7, 11) is 0. The van der Waals surface area contributed by atoms with E-state index in [9.17, 15) is 13.2 Å². The molecule has 146 valence electrons. The van der Waals surface area contributed by atoms with E-state index in [-0.39, 0.29) is 35.5 Å². The van der Waals surface area contributed by atoms with Crippen molar-refractivity contribution in [3.05, 3.63) is 30.3 Å². The zero-order valence-corrected chi connectivity index (χ0v) is 16.0. The van der Waals surface area contributed by atoms with E-state index in [1.165, 1.54) is 12.1 Å². The topological polar surface area (TPSA) is 30.8 Å². The molecular weight excluding hydrogens is 343 g/mol. The van der Waals surface area contributed by atoms with Gasteiger partial charge in [-0.3, -0.25) is 0 Å². The number of aliphatic imine (C=N–C) groups is 1. The summed E-state index contributed by atoms with van der Waals surface area (Å²) < 4.78 is 51.7. The van der Waals surface area contributed by atoms with E-state index in [0.29, 0.717) is 0 Å². The lowest BCUT2D eigenvalue weighted by atomic mass is 9.75. The number of ether oxygens (including phenoxy) is 2. The number of hydrogen-bond donors (Lipinski definition) is 0. The van der Waals surface area contributed by atoms with E-state index >= 15 is 0 Å². The van der Waals surface area contributed by atoms with Crippen LogP contribution < -0.4 is 0 Å². The van der Waals surface area contributed by atoms with Crippen molar-refractivity contribution in [2.24, 2.45) is 28.7 Å². The van der Waals surface area contributed by atoms with Crippen molar-refractivity contribution in [1.82, 2.24) is 0 Å². The number of benzene rings is 1. The van der Waals surface area contributed by atoms with Crippen molar-refractivity contribution in [2.45, 2.75) is 59.6 Å². The minimum atomic E-state index is -4.68. The molecule has 3 nitrogen and oxygen atoms in total. The Labute approximate surface area is 153 Å². The van der Waals surface area contributed by atoms with Crippen LogP contribution in [0.5, 0.6) is 0 Å². The van der Waals surface area contributed by atoms with Crippen LogP contribution in [0.15, 0.2) is 35.3 Å². The lowest BCUT2D eigenvalue weighted by molar-refractivity contribution is -0.238. The zero-order valence-electron chi connectivity index (χ0n) is 16.0. The molecular formula is C20H28F3NO2. The summed E-state index contributed by atoms with van der Waals surface area (Å²) >= 11 is 0. The number of halogens is 3. The molecule has 0 aromatic heterocycles. The fourth-order valence-electron chi connectivity index (χ4n) is 3.33. The predicted octanol–water partition coefficient (Wildman–Crippen LogP) is 5.97. The van der Waals surface area contributed by atoms with Crippen molar-refractivity contribution in [3.63, 3.8) is 0 Å². The number of nitrogens with zero attached hydrogens (tertiary/aromatic N) is 1. The molecule has 1 aliphatic rings. The van der Waals surface area contributed by atoms with Gasteiger partial charge in [0.1, 0.15) is 0 Å². The van der Waals surface area contributed by atoms with Gasteiger partial charge in [0.15, 0.2) is 0 Å². The van der Waals surface area contributed by atoms with Gasteiger partial charge in [-0.2, -0.15) is 13.2 Å². The normalized spacial score (nSPS) is 31.5.